The number of aliphatic carboxylic acids is 1. The Balaban J connectivity index is 1.72. The number of ether oxygens (including phenoxy) is 1. The predicted octanol–water partition coefficient (Wildman–Crippen LogP) is 8.34. The summed E-state index contributed by atoms with van der Waals surface area (Å²) in [6.45, 7) is 13.8. The second-order valence-corrected chi connectivity index (χ2v) is 10.8. The number of halogens is 1. The van der Waals surface area contributed by atoms with Crippen molar-refractivity contribution in [3.05, 3.63) is 99.4 Å². The molecule has 200 valence electrons. The molecule has 1 heterocycles. The summed E-state index contributed by atoms with van der Waals surface area (Å²) >= 11 is 0. The number of aryl methyl sites for hydroxylation is 3. The van der Waals surface area contributed by atoms with Crippen molar-refractivity contribution < 1.29 is 19.0 Å². The highest BCUT2D eigenvalue weighted by atomic mass is 19.1. The first-order valence-corrected chi connectivity index (χ1v) is 13.6. The maximum absolute atomic E-state index is 14.7. The first-order valence-electron chi connectivity index (χ1n) is 13.6. The Morgan fingerprint density at radius 2 is 1.61 bits per heavy atom. The standard InChI is InChI=1S/C34H39FO3/c1-7-33(21-38-33)15-14-25-12-13-28(16-22(25)4)34(8-2,9-3)29-17-23(5)32(24(6)18-29)27-11-10-26(20-31(36)37)30(35)19-27/h10-19H,7-9,20-21H2,1-6H3,(H,36,37)/b15-14+. The van der Waals surface area contributed by atoms with Crippen LogP contribution in [0, 0.1) is 26.6 Å². The number of hydrogen-bond acceptors (Lipinski definition) is 2. The molecule has 3 nitrogen and oxygen atoms in total. The van der Waals surface area contributed by atoms with Gasteiger partial charge in [0.05, 0.1) is 13.0 Å². The minimum absolute atomic E-state index is 0.0714. The normalized spacial score (nSPS) is 17.2. The molecule has 0 amide bonds. The van der Waals surface area contributed by atoms with Crippen molar-refractivity contribution in [2.75, 3.05) is 6.61 Å². The van der Waals surface area contributed by atoms with Gasteiger partial charge in [0, 0.05) is 5.41 Å². The van der Waals surface area contributed by atoms with Gasteiger partial charge >= 0.3 is 5.97 Å². The average Bonchev–Trinajstić information content (AvgIpc) is 3.66. The van der Waals surface area contributed by atoms with Crippen LogP contribution in [-0.2, 0) is 21.4 Å². The first kappa shape index (κ1) is 27.8. The van der Waals surface area contributed by atoms with Gasteiger partial charge in [0.1, 0.15) is 11.4 Å². The summed E-state index contributed by atoms with van der Waals surface area (Å²) in [4.78, 5) is 11.0. The molecule has 1 fully saturated rings. The highest BCUT2D eigenvalue weighted by molar-refractivity contribution is 5.74. The molecular formula is C34H39FO3. The van der Waals surface area contributed by atoms with Crippen LogP contribution in [0.1, 0.15) is 79.0 Å². The van der Waals surface area contributed by atoms with Crippen LogP contribution < -0.4 is 0 Å². The highest BCUT2D eigenvalue weighted by Gasteiger charge is 2.39. The van der Waals surface area contributed by atoms with Gasteiger partial charge in [-0.2, -0.15) is 0 Å². The Morgan fingerprint density at radius 1 is 0.974 bits per heavy atom. The van der Waals surface area contributed by atoms with Crippen molar-refractivity contribution in [2.45, 2.75) is 78.2 Å². The maximum Gasteiger partial charge on any atom is 0.307 e. The molecule has 38 heavy (non-hydrogen) atoms. The van der Waals surface area contributed by atoms with E-state index in [0.29, 0.717) is 0 Å². The lowest BCUT2D eigenvalue weighted by Gasteiger charge is -2.35. The van der Waals surface area contributed by atoms with Crippen LogP contribution in [0.25, 0.3) is 17.2 Å². The molecule has 0 radical (unpaired) electrons. The third kappa shape index (κ3) is 5.33. The molecule has 1 unspecified atom stereocenters. The maximum atomic E-state index is 14.7. The second kappa shape index (κ2) is 10.9. The van der Waals surface area contributed by atoms with Gasteiger partial charge in [-0.1, -0.05) is 69.3 Å². The number of hydrogen-bond donors (Lipinski definition) is 1. The number of benzene rings is 3. The molecule has 3 aromatic carbocycles. The summed E-state index contributed by atoms with van der Waals surface area (Å²) in [5.74, 6) is -1.52. The first-order chi connectivity index (χ1) is 18.1. The van der Waals surface area contributed by atoms with Gasteiger partial charge in [0.2, 0.25) is 0 Å². The molecule has 1 aliphatic heterocycles. The molecule has 3 aromatic rings. The topological polar surface area (TPSA) is 49.8 Å². The molecule has 4 heteroatoms. The fourth-order valence-electron chi connectivity index (χ4n) is 5.85. The van der Waals surface area contributed by atoms with Gasteiger partial charge in [0.15, 0.2) is 0 Å². The molecule has 0 aromatic heterocycles. The van der Waals surface area contributed by atoms with E-state index < -0.39 is 11.8 Å². The number of rotatable bonds is 10. The van der Waals surface area contributed by atoms with Crippen LogP contribution in [0.2, 0.25) is 0 Å². The average molecular weight is 515 g/mol. The van der Waals surface area contributed by atoms with Gasteiger partial charge in [-0.15, -0.1) is 0 Å². The summed E-state index contributed by atoms with van der Waals surface area (Å²) in [5, 5.41) is 9.04. The van der Waals surface area contributed by atoms with E-state index in [1.165, 1.54) is 28.3 Å². The summed E-state index contributed by atoms with van der Waals surface area (Å²) in [5.41, 5.74) is 8.97. The Labute approximate surface area is 226 Å². The second-order valence-electron chi connectivity index (χ2n) is 10.8. The molecule has 0 spiro atoms. The van der Waals surface area contributed by atoms with Crippen LogP contribution in [0.15, 0.2) is 54.6 Å². The molecule has 1 N–H and O–H groups in total. The molecule has 4 rings (SSSR count). The Bertz CT molecular complexity index is 1350. The van der Waals surface area contributed by atoms with Crippen LogP contribution in [0.5, 0.6) is 0 Å². The zero-order valence-corrected chi connectivity index (χ0v) is 23.5. The molecule has 0 bridgehead atoms. The van der Waals surface area contributed by atoms with E-state index in [1.807, 2.05) is 6.07 Å². The molecular weight excluding hydrogens is 475 g/mol. The summed E-state index contributed by atoms with van der Waals surface area (Å²) < 4.78 is 20.3. The van der Waals surface area contributed by atoms with E-state index in [1.54, 1.807) is 6.07 Å². The highest BCUT2D eigenvalue weighted by Crippen LogP contribution is 2.42. The van der Waals surface area contributed by atoms with Crippen LogP contribution in [0.4, 0.5) is 4.39 Å². The molecule has 0 saturated carbocycles. The fourth-order valence-corrected chi connectivity index (χ4v) is 5.85. The van der Waals surface area contributed by atoms with Gasteiger partial charge in [-0.05, 0) is 102 Å². The smallest absolute Gasteiger partial charge is 0.307 e. The van der Waals surface area contributed by atoms with Gasteiger partial charge in [-0.3, -0.25) is 4.79 Å². The van der Waals surface area contributed by atoms with E-state index in [0.717, 1.165) is 48.1 Å². The SMILES string of the molecule is CCC1(/C=C/c2ccc(C(CC)(CC)c3cc(C)c(-c4ccc(CC(=O)O)c(F)c4)c(C)c3)cc2C)CO1. The van der Waals surface area contributed by atoms with Gasteiger partial charge < -0.3 is 9.84 Å². The quantitative estimate of drug-likeness (QED) is 0.277. The fraction of sp³-hybridized carbons (Fsp3) is 0.382. The molecule has 1 saturated heterocycles. The van der Waals surface area contributed by atoms with Crippen molar-refractivity contribution >= 4 is 12.0 Å². The third-order valence-corrected chi connectivity index (χ3v) is 8.48. The van der Waals surface area contributed by atoms with Crippen molar-refractivity contribution in [2.24, 2.45) is 0 Å². The Hall–Kier alpha value is -3.24. The van der Waals surface area contributed by atoms with Gasteiger partial charge in [0.25, 0.3) is 0 Å². The van der Waals surface area contributed by atoms with E-state index in [4.69, 9.17) is 9.84 Å². The lowest BCUT2D eigenvalue weighted by molar-refractivity contribution is -0.136. The zero-order valence-electron chi connectivity index (χ0n) is 23.5. The zero-order chi connectivity index (χ0) is 27.7. The lowest BCUT2D eigenvalue weighted by Crippen LogP contribution is -2.26. The molecule has 1 aliphatic rings. The Kier molecular flexibility index (Phi) is 7.94. The summed E-state index contributed by atoms with van der Waals surface area (Å²) in [6.07, 6.45) is 6.98. The largest absolute Gasteiger partial charge is 0.481 e. The van der Waals surface area contributed by atoms with Crippen LogP contribution >= 0.6 is 0 Å². The van der Waals surface area contributed by atoms with E-state index >= 15 is 0 Å². The summed E-state index contributed by atoms with van der Waals surface area (Å²) in [7, 11) is 0. The molecule has 1 atom stereocenters. The van der Waals surface area contributed by atoms with Crippen molar-refractivity contribution in [3.8, 4) is 11.1 Å². The minimum atomic E-state index is -1.04. The minimum Gasteiger partial charge on any atom is -0.481 e. The lowest BCUT2D eigenvalue weighted by atomic mass is 9.69. The van der Waals surface area contributed by atoms with Crippen molar-refractivity contribution in [3.63, 3.8) is 0 Å². The number of carbonyl (C=O) groups is 1. The van der Waals surface area contributed by atoms with E-state index in [9.17, 15) is 9.18 Å². The van der Waals surface area contributed by atoms with Crippen molar-refractivity contribution in [1.82, 2.24) is 0 Å². The summed E-state index contributed by atoms with van der Waals surface area (Å²) in [6, 6.07) is 16.2. The third-order valence-electron chi connectivity index (χ3n) is 8.48. The number of carboxylic acid groups (broad SMARTS) is 1. The monoisotopic (exact) mass is 514 g/mol. The van der Waals surface area contributed by atoms with E-state index in [2.05, 4.69) is 84.0 Å². The number of epoxide rings is 1. The number of carboxylic acids is 1. The van der Waals surface area contributed by atoms with Crippen molar-refractivity contribution in [1.29, 1.82) is 0 Å². The van der Waals surface area contributed by atoms with Gasteiger partial charge in [-0.25, -0.2) is 4.39 Å². The van der Waals surface area contributed by atoms with Crippen LogP contribution in [0.3, 0.4) is 0 Å². The Morgan fingerprint density at radius 3 is 2.11 bits per heavy atom. The van der Waals surface area contributed by atoms with Crippen LogP contribution in [-0.4, -0.2) is 23.3 Å². The van der Waals surface area contributed by atoms with E-state index in [-0.39, 0.29) is 23.0 Å². The predicted molar refractivity (Wildman–Crippen MR) is 153 cm³/mol. The molecule has 0 aliphatic carbocycles.